The summed E-state index contributed by atoms with van der Waals surface area (Å²) in [6.45, 7) is 2.30. The second kappa shape index (κ2) is 8.37. The Labute approximate surface area is 173 Å². The zero-order chi connectivity index (χ0) is 20.2. The number of nitrogens with zero attached hydrogens (tertiary/aromatic N) is 2. The van der Waals surface area contributed by atoms with Crippen molar-refractivity contribution < 1.29 is 9.53 Å². The zero-order valence-corrected chi connectivity index (χ0v) is 16.6. The van der Waals surface area contributed by atoms with Crippen molar-refractivity contribution >= 4 is 23.2 Å². The van der Waals surface area contributed by atoms with E-state index in [0.717, 1.165) is 16.9 Å². The third-order valence-electron chi connectivity index (χ3n) is 4.63. The Morgan fingerprint density at radius 1 is 1.10 bits per heavy atom. The first-order chi connectivity index (χ1) is 14.1. The van der Waals surface area contributed by atoms with Crippen LogP contribution in [0, 0.1) is 0 Å². The van der Waals surface area contributed by atoms with Crippen LogP contribution in [0.1, 0.15) is 34.6 Å². The standard InChI is InChI=1S/C23H20ClN3O2/c1-16(17-5-9-19(24)10-6-17)25-23(28)18-7-11-21(12-8-18)29-15-20-14-27-13-3-2-4-22(27)26-20/h2-14,16H,15H2,1H3,(H,25,28). The van der Waals surface area contributed by atoms with Crippen molar-refractivity contribution in [3.8, 4) is 5.75 Å². The lowest BCUT2D eigenvalue weighted by Crippen LogP contribution is -2.26. The fraction of sp³-hybridized carbons (Fsp3) is 0.130. The van der Waals surface area contributed by atoms with Crippen LogP contribution < -0.4 is 10.1 Å². The van der Waals surface area contributed by atoms with E-state index in [0.29, 0.717) is 22.9 Å². The molecule has 0 radical (unpaired) electrons. The molecule has 4 aromatic rings. The van der Waals surface area contributed by atoms with Crippen molar-refractivity contribution in [2.45, 2.75) is 19.6 Å². The van der Waals surface area contributed by atoms with Gasteiger partial charge in [-0.3, -0.25) is 4.79 Å². The third-order valence-corrected chi connectivity index (χ3v) is 4.89. The Morgan fingerprint density at radius 3 is 2.59 bits per heavy atom. The number of ether oxygens (including phenoxy) is 1. The minimum absolute atomic E-state index is 0.120. The smallest absolute Gasteiger partial charge is 0.251 e. The van der Waals surface area contributed by atoms with Gasteiger partial charge in [0.2, 0.25) is 0 Å². The quantitative estimate of drug-likeness (QED) is 0.488. The highest BCUT2D eigenvalue weighted by Crippen LogP contribution is 2.18. The van der Waals surface area contributed by atoms with Crippen LogP contribution >= 0.6 is 11.6 Å². The highest BCUT2D eigenvalue weighted by molar-refractivity contribution is 6.30. The molecule has 1 N–H and O–H groups in total. The minimum Gasteiger partial charge on any atom is -0.487 e. The molecule has 1 atom stereocenters. The van der Waals surface area contributed by atoms with Gasteiger partial charge < -0.3 is 14.5 Å². The van der Waals surface area contributed by atoms with Crippen LogP contribution in [0.15, 0.2) is 79.1 Å². The maximum absolute atomic E-state index is 12.5. The molecule has 2 heterocycles. The Balaban J connectivity index is 1.35. The molecule has 0 saturated heterocycles. The van der Waals surface area contributed by atoms with Crippen molar-refractivity contribution in [2.75, 3.05) is 0 Å². The number of aromatic nitrogens is 2. The van der Waals surface area contributed by atoms with Crippen molar-refractivity contribution in [1.29, 1.82) is 0 Å². The van der Waals surface area contributed by atoms with Gasteiger partial charge in [-0.05, 0) is 61.0 Å². The molecule has 4 rings (SSSR count). The number of benzene rings is 2. The highest BCUT2D eigenvalue weighted by atomic mass is 35.5. The molecule has 0 aliphatic rings. The van der Waals surface area contributed by atoms with E-state index in [2.05, 4.69) is 10.3 Å². The van der Waals surface area contributed by atoms with E-state index in [9.17, 15) is 4.79 Å². The largest absolute Gasteiger partial charge is 0.487 e. The Morgan fingerprint density at radius 2 is 1.86 bits per heavy atom. The maximum Gasteiger partial charge on any atom is 0.251 e. The van der Waals surface area contributed by atoms with Crippen molar-refractivity contribution in [2.24, 2.45) is 0 Å². The zero-order valence-electron chi connectivity index (χ0n) is 15.9. The molecule has 0 fully saturated rings. The Kier molecular flexibility index (Phi) is 5.49. The van der Waals surface area contributed by atoms with E-state index in [1.807, 2.05) is 66.2 Å². The number of hydrogen-bond donors (Lipinski definition) is 1. The predicted octanol–water partition coefficient (Wildman–Crippen LogP) is 5.06. The first kappa shape index (κ1) is 19.0. The monoisotopic (exact) mass is 405 g/mol. The number of fused-ring (bicyclic) bond motifs is 1. The van der Waals surface area contributed by atoms with Gasteiger partial charge in [-0.15, -0.1) is 0 Å². The average molecular weight is 406 g/mol. The van der Waals surface area contributed by atoms with E-state index >= 15 is 0 Å². The molecule has 2 aromatic carbocycles. The maximum atomic E-state index is 12.5. The number of nitrogens with one attached hydrogen (secondary N) is 1. The molecule has 5 nitrogen and oxygen atoms in total. The molecular weight excluding hydrogens is 386 g/mol. The second-order valence-electron chi connectivity index (χ2n) is 6.76. The number of carbonyl (C=O) groups is 1. The predicted molar refractivity (Wildman–Crippen MR) is 113 cm³/mol. The fourth-order valence-corrected chi connectivity index (χ4v) is 3.16. The van der Waals surface area contributed by atoms with Gasteiger partial charge in [0.1, 0.15) is 18.0 Å². The van der Waals surface area contributed by atoms with Crippen LogP contribution in [-0.4, -0.2) is 15.3 Å². The van der Waals surface area contributed by atoms with Gasteiger partial charge >= 0.3 is 0 Å². The van der Waals surface area contributed by atoms with Crippen molar-refractivity contribution in [1.82, 2.24) is 14.7 Å². The van der Waals surface area contributed by atoms with Gasteiger partial charge in [0.25, 0.3) is 5.91 Å². The Bertz CT molecular complexity index is 1090. The number of imidazole rings is 1. The summed E-state index contributed by atoms with van der Waals surface area (Å²) in [5, 5.41) is 3.66. The summed E-state index contributed by atoms with van der Waals surface area (Å²) in [6.07, 6.45) is 3.89. The lowest BCUT2D eigenvalue weighted by Gasteiger charge is -2.14. The molecule has 1 amide bonds. The molecule has 0 saturated carbocycles. The normalized spacial score (nSPS) is 11.9. The molecular formula is C23H20ClN3O2. The number of pyridine rings is 1. The topological polar surface area (TPSA) is 55.6 Å². The number of rotatable bonds is 6. The molecule has 0 aliphatic carbocycles. The van der Waals surface area contributed by atoms with Gasteiger partial charge in [-0.25, -0.2) is 4.98 Å². The van der Waals surface area contributed by atoms with Gasteiger partial charge in [0.15, 0.2) is 0 Å². The molecule has 29 heavy (non-hydrogen) atoms. The molecule has 6 heteroatoms. The van der Waals surface area contributed by atoms with Crippen LogP contribution in [0.25, 0.3) is 5.65 Å². The number of amides is 1. The van der Waals surface area contributed by atoms with E-state index in [1.54, 1.807) is 24.3 Å². The first-order valence-electron chi connectivity index (χ1n) is 9.30. The number of halogens is 1. The van der Waals surface area contributed by atoms with Crippen molar-refractivity contribution in [3.05, 3.63) is 101 Å². The first-order valence-corrected chi connectivity index (χ1v) is 9.68. The summed E-state index contributed by atoms with van der Waals surface area (Å²) >= 11 is 5.91. The summed E-state index contributed by atoms with van der Waals surface area (Å²) in [5.41, 5.74) is 3.30. The molecule has 146 valence electrons. The van der Waals surface area contributed by atoms with Crippen LogP contribution in [0.4, 0.5) is 0 Å². The van der Waals surface area contributed by atoms with E-state index in [-0.39, 0.29) is 11.9 Å². The summed E-state index contributed by atoms with van der Waals surface area (Å²) in [4.78, 5) is 17.0. The summed E-state index contributed by atoms with van der Waals surface area (Å²) in [7, 11) is 0. The molecule has 0 bridgehead atoms. The minimum atomic E-state index is -0.139. The van der Waals surface area contributed by atoms with E-state index < -0.39 is 0 Å². The summed E-state index contributed by atoms with van der Waals surface area (Å²) in [5.74, 6) is 0.545. The second-order valence-corrected chi connectivity index (χ2v) is 7.19. The highest BCUT2D eigenvalue weighted by Gasteiger charge is 2.12. The van der Waals surface area contributed by atoms with Crippen LogP contribution in [0.2, 0.25) is 5.02 Å². The number of carbonyl (C=O) groups excluding carboxylic acids is 1. The molecule has 0 aliphatic heterocycles. The SMILES string of the molecule is CC(NC(=O)c1ccc(OCc2cn3ccccc3n2)cc1)c1ccc(Cl)cc1. The van der Waals surface area contributed by atoms with Crippen molar-refractivity contribution in [3.63, 3.8) is 0 Å². The van der Waals surface area contributed by atoms with Crippen LogP contribution in [-0.2, 0) is 6.61 Å². The fourth-order valence-electron chi connectivity index (χ4n) is 3.03. The summed E-state index contributed by atoms with van der Waals surface area (Å²) in [6, 6.07) is 20.3. The Hall–Kier alpha value is -3.31. The van der Waals surface area contributed by atoms with Crippen LogP contribution in [0.3, 0.4) is 0 Å². The van der Waals surface area contributed by atoms with Crippen LogP contribution in [0.5, 0.6) is 5.75 Å². The molecule has 2 aromatic heterocycles. The lowest BCUT2D eigenvalue weighted by molar-refractivity contribution is 0.0940. The molecule has 1 unspecified atom stereocenters. The lowest BCUT2D eigenvalue weighted by atomic mass is 10.1. The van der Waals surface area contributed by atoms with Gasteiger partial charge in [0, 0.05) is 23.0 Å². The van der Waals surface area contributed by atoms with E-state index in [4.69, 9.17) is 16.3 Å². The average Bonchev–Trinajstić information content (AvgIpc) is 3.16. The van der Waals surface area contributed by atoms with Gasteiger partial charge in [-0.2, -0.15) is 0 Å². The van der Waals surface area contributed by atoms with Gasteiger partial charge in [0.05, 0.1) is 11.7 Å². The molecule has 0 spiro atoms. The number of hydrogen-bond acceptors (Lipinski definition) is 3. The van der Waals surface area contributed by atoms with E-state index in [1.165, 1.54) is 0 Å². The third kappa shape index (κ3) is 4.58. The summed E-state index contributed by atoms with van der Waals surface area (Å²) < 4.78 is 7.75. The van der Waals surface area contributed by atoms with Gasteiger partial charge in [-0.1, -0.05) is 29.8 Å².